The molecule has 252 valence electrons. The van der Waals surface area contributed by atoms with E-state index < -0.39 is 22.0 Å². The van der Waals surface area contributed by atoms with Crippen molar-refractivity contribution in [1.29, 1.82) is 0 Å². The molecule has 3 N–H and O–H groups in total. The van der Waals surface area contributed by atoms with Gasteiger partial charge in [-0.15, -0.1) is 23.1 Å². The SMILES string of the molecule is O=C(Nc1cccc(SC(C(=O)Nc2nc(-c3ccccc3)cs2)c2ccccc2)c1)/C(=C\c1ccc([N+](=O)[O-])cc1)NC(=O)c1ccccc1. The number of thioether (sulfide) groups is 1. The Kier molecular flexibility index (Phi) is 11.1. The third kappa shape index (κ3) is 9.21. The van der Waals surface area contributed by atoms with Crippen LogP contribution in [0.15, 0.2) is 155 Å². The van der Waals surface area contributed by atoms with Gasteiger partial charge in [0.25, 0.3) is 17.5 Å². The van der Waals surface area contributed by atoms with Gasteiger partial charge in [-0.2, -0.15) is 0 Å². The first kappa shape index (κ1) is 34.5. The Morgan fingerprint density at radius 1 is 0.784 bits per heavy atom. The van der Waals surface area contributed by atoms with E-state index in [1.807, 2.05) is 72.1 Å². The highest BCUT2D eigenvalue weighted by molar-refractivity contribution is 8.00. The number of carbonyl (C=O) groups excluding carboxylic acids is 3. The predicted octanol–water partition coefficient (Wildman–Crippen LogP) is 8.60. The van der Waals surface area contributed by atoms with Crippen LogP contribution in [0.1, 0.15) is 26.7 Å². The van der Waals surface area contributed by atoms with Gasteiger partial charge in [0.05, 0.1) is 10.6 Å². The minimum absolute atomic E-state index is 0.0735. The summed E-state index contributed by atoms with van der Waals surface area (Å²) in [5.41, 5.74) is 3.56. The van der Waals surface area contributed by atoms with Gasteiger partial charge in [0, 0.05) is 39.2 Å². The van der Waals surface area contributed by atoms with Crippen molar-refractivity contribution in [2.75, 3.05) is 10.6 Å². The molecule has 10 nitrogen and oxygen atoms in total. The number of nitro groups is 1. The molecule has 0 radical (unpaired) electrons. The number of carbonyl (C=O) groups is 3. The Morgan fingerprint density at radius 3 is 2.14 bits per heavy atom. The molecule has 0 aliphatic carbocycles. The van der Waals surface area contributed by atoms with Crippen molar-refractivity contribution >= 4 is 63.4 Å². The van der Waals surface area contributed by atoms with Crippen molar-refractivity contribution in [3.05, 3.63) is 177 Å². The second-order valence-electron chi connectivity index (χ2n) is 11.0. The summed E-state index contributed by atoms with van der Waals surface area (Å²) in [6, 6.07) is 40.2. The molecule has 6 rings (SSSR count). The molecule has 1 aromatic heterocycles. The van der Waals surface area contributed by atoms with Crippen molar-refractivity contribution in [1.82, 2.24) is 10.3 Å². The molecular weight excluding hydrogens is 683 g/mol. The molecule has 0 fully saturated rings. The third-order valence-corrected chi connectivity index (χ3v) is 9.44. The summed E-state index contributed by atoms with van der Waals surface area (Å²) in [6.45, 7) is 0. The van der Waals surface area contributed by atoms with Crippen LogP contribution in [0.4, 0.5) is 16.5 Å². The van der Waals surface area contributed by atoms with Gasteiger partial charge in [-0.05, 0) is 59.7 Å². The average molecular weight is 712 g/mol. The fourth-order valence-corrected chi connectivity index (χ4v) is 6.73. The second kappa shape index (κ2) is 16.4. The molecule has 1 atom stereocenters. The molecule has 3 amide bonds. The highest BCUT2D eigenvalue weighted by Gasteiger charge is 2.24. The topological polar surface area (TPSA) is 143 Å². The van der Waals surface area contributed by atoms with Crippen molar-refractivity contribution < 1.29 is 19.3 Å². The maximum Gasteiger partial charge on any atom is 0.272 e. The molecule has 0 aliphatic heterocycles. The summed E-state index contributed by atoms with van der Waals surface area (Å²) < 4.78 is 0. The Morgan fingerprint density at radius 2 is 1.45 bits per heavy atom. The number of nitrogens with zero attached hydrogens (tertiary/aromatic N) is 2. The number of aromatic nitrogens is 1. The zero-order chi connectivity index (χ0) is 35.6. The Hall–Kier alpha value is -6.37. The Bertz CT molecular complexity index is 2190. The number of nitro benzene ring substituents is 1. The monoisotopic (exact) mass is 711 g/mol. The number of anilines is 2. The summed E-state index contributed by atoms with van der Waals surface area (Å²) in [5.74, 6) is -1.38. The van der Waals surface area contributed by atoms with Gasteiger partial charge in [-0.3, -0.25) is 24.5 Å². The van der Waals surface area contributed by atoms with Gasteiger partial charge < -0.3 is 16.0 Å². The van der Waals surface area contributed by atoms with Crippen LogP contribution in [0.25, 0.3) is 17.3 Å². The van der Waals surface area contributed by atoms with E-state index >= 15 is 0 Å². The highest BCUT2D eigenvalue weighted by atomic mass is 32.2. The standard InChI is InChI=1S/C39H29N5O5S2/c45-36(29-15-8-3-9-16-29)41-33(23-26-19-21-31(22-20-26)44(48)49)37(46)40-30-17-10-18-32(24-30)51-35(28-13-6-2-7-14-28)38(47)43-39-42-34(25-50-39)27-11-4-1-5-12-27/h1-25,35H,(H,40,46)(H,41,45)(H,42,43,47)/b33-23+. The molecule has 5 aromatic carbocycles. The Balaban J connectivity index is 1.21. The maximum absolute atomic E-state index is 13.7. The van der Waals surface area contributed by atoms with Gasteiger partial charge in [0.15, 0.2) is 5.13 Å². The van der Waals surface area contributed by atoms with E-state index in [1.165, 1.54) is 53.4 Å². The maximum atomic E-state index is 13.7. The van der Waals surface area contributed by atoms with Crippen LogP contribution in [0.2, 0.25) is 0 Å². The van der Waals surface area contributed by atoms with Crippen LogP contribution in [0.3, 0.4) is 0 Å². The van der Waals surface area contributed by atoms with Crippen LogP contribution in [-0.4, -0.2) is 27.6 Å². The zero-order valence-electron chi connectivity index (χ0n) is 26.8. The van der Waals surface area contributed by atoms with E-state index in [0.29, 0.717) is 26.8 Å². The Labute approximate surface area is 301 Å². The van der Waals surface area contributed by atoms with Gasteiger partial charge >= 0.3 is 0 Å². The number of benzene rings is 5. The molecule has 1 heterocycles. The average Bonchev–Trinajstić information content (AvgIpc) is 3.63. The highest BCUT2D eigenvalue weighted by Crippen LogP contribution is 2.38. The van der Waals surface area contributed by atoms with E-state index in [0.717, 1.165) is 16.8 Å². The first-order chi connectivity index (χ1) is 24.8. The van der Waals surface area contributed by atoms with Crippen molar-refractivity contribution in [3.8, 4) is 11.3 Å². The fourth-order valence-electron chi connectivity index (χ4n) is 4.93. The smallest absolute Gasteiger partial charge is 0.272 e. The van der Waals surface area contributed by atoms with Crippen molar-refractivity contribution in [3.63, 3.8) is 0 Å². The van der Waals surface area contributed by atoms with Crippen LogP contribution >= 0.6 is 23.1 Å². The van der Waals surface area contributed by atoms with E-state index in [-0.39, 0.29) is 17.3 Å². The number of rotatable bonds is 12. The zero-order valence-corrected chi connectivity index (χ0v) is 28.4. The largest absolute Gasteiger partial charge is 0.321 e. The second-order valence-corrected chi connectivity index (χ2v) is 13.0. The first-order valence-electron chi connectivity index (χ1n) is 15.6. The lowest BCUT2D eigenvalue weighted by Crippen LogP contribution is -2.30. The summed E-state index contributed by atoms with van der Waals surface area (Å²) in [5, 5.41) is 21.3. The number of amides is 3. The van der Waals surface area contributed by atoms with E-state index in [2.05, 4.69) is 20.9 Å². The molecule has 51 heavy (non-hydrogen) atoms. The lowest BCUT2D eigenvalue weighted by atomic mass is 10.1. The normalized spacial score (nSPS) is 11.6. The summed E-state index contributed by atoms with van der Waals surface area (Å²) >= 11 is 2.65. The third-order valence-electron chi connectivity index (χ3n) is 7.43. The lowest BCUT2D eigenvalue weighted by Gasteiger charge is -2.17. The van der Waals surface area contributed by atoms with Crippen LogP contribution in [0.5, 0.6) is 0 Å². The van der Waals surface area contributed by atoms with E-state index in [9.17, 15) is 24.5 Å². The number of thiazole rings is 1. The number of hydrogen-bond acceptors (Lipinski definition) is 8. The number of nitrogens with one attached hydrogen (secondary N) is 3. The molecular formula is C39H29N5O5S2. The van der Waals surface area contributed by atoms with Gasteiger partial charge in [0.2, 0.25) is 5.91 Å². The molecule has 0 bridgehead atoms. The molecule has 0 saturated heterocycles. The van der Waals surface area contributed by atoms with Crippen molar-refractivity contribution in [2.24, 2.45) is 0 Å². The minimum atomic E-state index is -0.649. The molecule has 0 aliphatic rings. The lowest BCUT2D eigenvalue weighted by molar-refractivity contribution is -0.384. The number of hydrogen-bond donors (Lipinski definition) is 3. The molecule has 1 unspecified atom stereocenters. The van der Waals surface area contributed by atoms with Gasteiger partial charge in [-0.1, -0.05) is 84.9 Å². The minimum Gasteiger partial charge on any atom is -0.321 e. The first-order valence-corrected chi connectivity index (χ1v) is 17.4. The van der Waals surface area contributed by atoms with Crippen LogP contribution in [0, 0.1) is 10.1 Å². The molecule has 12 heteroatoms. The molecule has 0 saturated carbocycles. The molecule has 0 spiro atoms. The van der Waals surface area contributed by atoms with E-state index in [1.54, 1.807) is 48.5 Å². The fraction of sp³-hybridized carbons (Fsp3) is 0.0256. The van der Waals surface area contributed by atoms with E-state index in [4.69, 9.17) is 0 Å². The predicted molar refractivity (Wildman–Crippen MR) is 201 cm³/mol. The summed E-state index contributed by atoms with van der Waals surface area (Å²) in [4.78, 5) is 56.4. The van der Waals surface area contributed by atoms with Crippen LogP contribution in [-0.2, 0) is 9.59 Å². The van der Waals surface area contributed by atoms with Gasteiger partial charge in [-0.25, -0.2) is 4.98 Å². The number of non-ortho nitro benzene ring substituents is 1. The summed E-state index contributed by atoms with van der Waals surface area (Å²) in [7, 11) is 0. The van der Waals surface area contributed by atoms with Crippen LogP contribution < -0.4 is 16.0 Å². The van der Waals surface area contributed by atoms with Crippen molar-refractivity contribution in [2.45, 2.75) is 10.1 Å². The summed E-state index contributed by atoms with van der Waals surface area (Å²) in [6.07, 6.45) is 1.44. The quantitative estimate of drug-likeness (QED) is 0.0499. The van der Waals surface area contributed by atoms with Gasteiger partial charge in [0.1, 0.15) is 10.9 Å². The molecule has 6 aromatic rings.